The number of nitrogens with one attached hydrogen (secondary N) is 1. The van der Waals surface area contributed by atoms with Crippen molar-refractivity contribution < 1.29 is 18.3 Å². The van der Waals surface area contributed by atoms with E-state index in [4.69, 9.17) is 4.74 Å². The van der Waals surface area contributed by atoms with Crippen molar-refractivity contribution in [3.63, 3.8) is 0 Å². The van der Waals surface area contributed by atoms with Gasteiger partial charge in [0.2, 0.25) is 0 Å². The Labute approximate surface area is 182 Å². The van der Waals surface area contributed by atoms with Gasteiger partial charge in [-0.25, -0.2) is 8.78 Å². The quantitative estimate of drug-likeness (QED) is 0.393. The summed E-state index contributed by atoms with van der Waals surface area (Å²) >= 11 is 1.37. The minimum absolute atomic E-state index is 0.0946. The van der Waals surface area contributed by atoms with Crippen LogP contribution in [0.1, 0.15) is 62.4 Å². The number of esters is 1. The van der Waals surface area contributed by atoms with Crippen molar-refractivity contribution in [2.45, 2.75) is 65.7 Å². The van der Waals surface area contributed by atoms with Gasteiger partial charge < -0.3 is 4.74 Å². The number of carbonyl (C=O) groups is 1. The van der Waals surface area contributed by atoms with Crippen molar-refractivity contribution in [2.75, 3.05) is 6.61 Å². The lowest BCUT2D eigenvalue weighted by molar-refractivity contribution is -0.143. The molecular formula is C24H31F2NO2S. The normalized spacial score (nSPS) is 12.7. The van der Waals surface area contributed by atoms with E-state index in [0.717, 1.165) is 22.3 Å². The Morgan fingerprint density at radius 2 is 1.70 bits per heavy atom. The summed E-state index contributed by atoms with van der Waals surface area (Å²) in [6.07, 6.45) is -0.0946. The van der Waals surface area contributed by atoms with Crippen LogP contribution in [0.25, 0.3) is 11.1 Å². The van der Waals surface area contributed by atoms with Gasteiger partial charge in [-0.3, -0.25) is 9.52 Å². The molecule has 3 nitrogen and oxygen atoms in total. The highest BCUT2D eigenvalue weighted by Gasteiger charge is 2.26. The molecule has 2 aromatic carbocycles. The van der Waals surface area contributed by atoms with Gasteiger partial charge in [0.25, 0.3) is 0 Å². The number of benzene rings is 2. The van der Waals surface area contributed by atoms with E-state index in [1.807, 2.05) is 53.7 Å². The van der Waals surface area contributed by atoms with Crippen LogP contribution in [0, 0.1) is 32.4 Å². The first-order chi connectivity index (χ1) is 13.9. The van der Waals surface area contributed by atoms with Crippen molar-refractivity contribution in [2.24, 2.45) is 0 Å². The van der Waals surface area contributed by atoms with E-state index in [2.05, 4.69) is 4.72 Å². The first-order valence-corrected chi connectivity index (χ1v) is 10.9. The largest absolute Gasteiger partial charge is 0.466 e. The molecule has 0 saturated heterocycles. The molecule has 30 heavy (non-hydrogen) atoms. The second kappa shape index (κ2) is 9.92. The van der Waals surface area contributed by atoms with Crippen LogP contribution in [0.2, 0.25) is 0 Å². The summed E-state index contributed by atoms with van der Waals surface area (Å²) in [4.78, 5) is 12.2. The average molecular weight is 436 g/mol. The van der Waals surface area contributed by atoms with Gasteiger partial charge in [0, 0.05) is 10.3 Å². The molecule has 0 aliphatic carbocycles. The van der Waals surface area contributed by atoms with Gasteiger partial charge in [-0.15, -0.1) is 0 Å². The molecular weight excluding hydrogens is 404 g/mol. The number of halogens is 2. The zero-order valence-electron chi connectivity index (χ0n) is 18.8. The molecule has 0 aromatic heterocycles. The lowest BCUT2D eigenvalue weighted by atomic mass is 9.91. The maximum Gasteiger partial charge on any atom is 0.307 e. The van der Waals surface area contributed by atoms with E-state index in [1.54, 1.807) is 13.0 Å². The first-order valence-electron chi connectivity index (χ1n) is 10.1. The van der Waals surface area contributed by atoms with Gasteiger partial charge in [-0.1, -0.05) is 29.6 Å². The molecule has 6 heteroatoms. The molecule has 0 amide bonds. The fraction of sp³-hybridized carbons (Fsp3) is 0.458. The Bertz CT molecular complexity index is 899. The first kappa shape index (κ1) is 24.4. The van der Waals surface area contributed by atoms with Gasteiger partial charge in [0.1, 0.15) is 0 Å². The Kier molecular flexibility index (Phi) is 8.06. The van der Waals surface area contributed by atoms with Gasteiger partial charge in [0.15, 0.2) is 11.6 Å². The molecule has 0 spiro atoms. The van der Waals surface area contributed by atoms with Crippen molar-refractivity contribution in [3.05, 3.63) is 58.2 Å². The third-order valence-corrected chi connectivity index (χ3v) is 5.60. The highest BCUT2D eigenvalue weighted by Crippen LogP contribution is 2.35. The summed E-state index contributed by atoms with van der Waals surface area (Å²) in [6, 6.07) is 6.18. The Morgan fingerprint density at radius 3 is 2.23 bits per heavy atom. The number of rotatable bonds is 7. The molecule has 1 N–H and O–H groups in total. The highest BCUT2D eigenvalue weighted by molar-refractivity contribution is 7.98. The molecule has 0 aliphatic rings. The monoisotopic (exact) mass is 435 g/mol. The minimum Gasteiger partial charge on any atom is -0.466 e. The van der Waals surface area contributed by atoms with Crippen LogP contribution in [0.3, 0.4) is 0 Å². The van der Waals surface area contributed by atoms with E-state index < -0.39 is 23.6 Å². The highest BCUT2D eigenvalue weighted by atomic mass is 32.2. The molecule has 0 bridgehead atoms. The summed E-state index contributed by atoms with van der Waals surface area (Å²) in [5, 5.41) is 0. The van der Waals surface area contributed by atoms with Gasteiger partial charge in [0.05, 0.1) is 19.1 Å². The summed E-state index contributed by atoms with van der Waals surface area (Å²) in [5.74, 6) is -2.34. The molecule has 0 fully saturated rings. The third kappa shape index (κ3) is 6.29. The SMILES string of the molecule is CCOC(=O)CC(NSC(C)(C)C)c1cc(-c2c(C)cc(C)cc2C)cc(F)c1F. The maximum absolute atomic E-state index is 14.9. The standard InChI is InChI=1S/C24H31F2NO2S/c1-8-29-21(28)13-20(27-30-24(5,6)7)18-11-17(12-19(25)23(18)26)22-15(3)9-14(2)10-16(22)4/h9-12,20,27H,8,13H2,1-7H3. The van der Waals surface area contributed by atoms with E-state index in [9.17, 15) is 13.6 Å². The average Bonchev–Trinajstić information content (AvgIpc) is 2.60. The lowest BCUT2D eigenvalue weighted by Gasteiger charge is -2.25. The molecule has 1 atom stereocenters. The van der Waals surface area contributed by atoms with E-state index in [1.165, 1.54) is 18.0 Å². The topological polar surface area (TPSA) is 38.3 Å². The van der Waals surface area contributed by atoms with Gasteiger partial charge in [-0.05, 0) is 82.9 Å². The molecule has 0 saturated carbocycles. The van der Waals surface area contributed by atoms with Crippen LogP contribution in [0.5, 0.6) is 0 Å². The molecule has 0 aliphatic heterocycles. The van der Waals surface area contributed by atoms with Crippen molar-refractivity contribution in [1.82, 2.24) is 4.72 Å². The van der Waals surface area contributed by atoms with E-state index in [0.29, 0.717) is 5.56 Å². The van der Waals surface area contributed by atoms with Crippen LogP contribution >= 0.6 is 11.9 Å². The van der Waals surface area contributed by atoms with Gasteiger partial charge in [-0.2, -0.15) is 0 Å². The lowest BCUT2D eigenvalue weighted by Crippen LogP contribution is -2.25. The smallest absolute Gasteiger partial charge is 0.307 e. The van der Waals surface area contributed by atoms with Gasteiger partial charge >= 0.3 is 5.97 Å². The van der Waals surface area contributed by atoms with Crippen LogP contribution in [-0.4, -0.2) is 17.3 Å². The summed E-state index contributed by atoms with van der Waals surface area (Å²) < 4.78 is 37.6. The number of hydrogen-bond acceptors (Lipinski definition) is 4. The summed E-state index contributed by atoms with van der Waals surface area (Å²) in [6.45, 7) is 13.9. The molecule has 2 aromatic rings. The predicted molar refractivity (Wildman–Crippen MR) is 120 cm³/mol. The van der Waals surface area contributed by atoms with Crippen LogP contribution in [0.4, 0.5) is 8.78 Å². The molecule has 1 unspecified atom stereocenters. The third-order valence-electron chi connectivity index (χ3n) is 4.58. The minimum atomic E-state index is -0.947. The fourth-order valence-corrected chi connectivity index (χ4v) is 4.20. The van der Waals surface area contributed by atoms with E-state index >= 15 is 0 Å². The predicted octanol–water partition coefficient (Wildman–Crippen LogP) is 6.59. The van der Waals surface area contributed by atoms with Crippen LogP contribution < -0.4 is 4.72 Å². The summed E-state index contributed by atoms with van der Waals surface area (Å²) in [7, 11) is 0. The van der Waals surface area contributed by atoms with Crippen molar-refractivity contribution in [3.8, 4) is 11.1 Å². The molecule has 0 heterocycles. The second-order valence-corrected chi connectivity index (χ2v) is 10.2. The Morgan fingerprint density at radius 1 is 1.10 bits per heavy atom. The van der Waals surface area contributed by atoms with Crippen molar-refractivity contribution >= 4 is 17.9 Å². The van der Waals surface area contributed by atoms with Crippen LogP contribution in [0.15, 0.2) is 24.3 Å². The number of hydrogen-bond donors (Lipinski definition) is 1. The fourth-order valence-electron chi connectivity index (χ4n) is 3.49. The maximum atomic E-state index is 14.9. The van der Waals surface area contributed by atoms with Crippen molar-refractivity contribution in [1.29, 1.82) is 0 Å². The number of ether oxygens (including phenoxy) is 1. The summed E-state index contributed by atoms with van der Waals surface area (Å²) in [5.41, 5.74) is 4.68. The molecule has 0 radical (unpaired) electrons. The van der Waals surface area contributed by atoms with E-state index in [-0.39, 0.29) is 23.3 Å². The second-order valence-electron chi connectivity index (χ2n) is 8.53. The number of carbonyl (C=O) groups excluding carboxylic acids is 1. The Hall–Kier alpha value is -1.92. The zero-order chi connectivity index (χ0) is 22.6. The molecule has 164 valence electrons. The Balaban J connectivity index is 2.56. The zero-order valence-corrected chi connectivity index (χ0v) is 19.6. The van der Waals surface area contributed by atoms with Crippen LogP contribution in [-0.2, 0) is 9.53 Å². The number of aryl methyl sites for hydroxylation is 3. The molecule has 2 rings (SSSR count).